The summed E-state index contributed by atoms with van der Waals surface area (Å²) in [6, 6.07) is 27.9. The van der Waals surface area contributed by atoms with E-state index in [4.69, 9.17) is 0 Å². The van der Waals surface area contributed by atoms with Gasteiger partial charge in [0.15, 0.2) is 0 Å². The minimum Gasteiger partial charge on any atom is -1.00 e. The van der Waals surface area contributed by atoms with E-state index in [1.807, 2.05) is 0 Å². The van der Waals surface area contributed by atoms with Gasteiger partial charge in [0.2, 0.25) is 0 Å². The van der Waals surface area contributed by atoms with E-state index < -0.39 is 0 Å². The third kappa shape index (κ3) is 5.31. The van der Waals surface area contributed by atoms with Crippen molar-refractivity contribution in [2.24, 2.45) is 0 Å². The maximum absolute atomic E-state index is 2.25. The van der Waals surface area contributed by atoms with Gasteiger partial charge >= 0.3 is 25.8 Å². The fourth-order valence-corrected chi connectivity index (χ4v) is 3.39. The number of hydrogen-bond donors (Lipinski definition) is 0. The number of benzene rings is 2. The molecule has 146 valence electrons. The maximum Gasteiger partial charge on any atom is 4.00 e. The second kappa shape index (κ2) is 11.0. The molecule has 0 N–H and O–H groups in total. The van der Waals surface area contributed by atoms with E-state index in [-0.39, 0.29) is 50.7 Å². The van der Waals surface area contributed by atoms with Gasteiger partial charge in [0.25, 0.3) is 0 Å². The summed E-state index contributed by atoms with van der Waals surface area (Å²) in [7, 11) is 0. The van der Waals surface area contributed by atoms with Gasteiger partial charge in [-0.15, -0.1) is 41.1 Å². The molecule has 1 nitrogen and oxygen atoms in total. The van der Waals surface area contributed by atoms with Gasteiger partial charge in [-0.1, -0.05) is 45.0 Å². The molecule has 1 heterocycles. The van der Waals surface area contributed by atoms with Crippen molar-refractivity contribution in [3.8, 4) is 5.69 Å². The summed E-state index contributed by atoms with van der Waals surface area (Å²) in [6.07, 6.45) is 2.14. The standard InChI is InChI=1S/C17H12N.C8H11.2ClH.Hf/c1-2-7-15-12-16(11-14(15)6-1)18-10-9-13-5-3-4-8-17(13)18;1-6-4-5-7(2)8(6)3;;;/h1-12H;4-5H,1-3H3;2*1H;/q2*-1;;;+4/p-2. The summed E-state index contributed by atoms with van der Waals surface area (Å²) in [5.74, 6) is 0. The van der Waals surface area contributed by atoms with Gasteiger partial charge in [0, 0.05) is 6.20 Å². The first-order chi connectivity index (χ1) is 12.6. The number of fused-ring (bicyclic) bond motifs is 2. The molecule has 0 spiro atoms. The molecule has 0 aliphatic heterocycles. The fourth-order valence-electron chi connectivity index (χ4n) is 3.39. The van der Waals surface area contributed by atoms with Crippen molar-refractivity contribution in [1.29, 1.82) is 0 Å². The molecule has 0 unspecified atom stereocenters. The Hall–Kier alpha value is -1.61. The molecule has 4 aromatic carbocycles. The van der Waals surface area contributed by atoms with Gasteiger partial charge in [-0.05, 0) is 23.2 Å². The first-order valence-corrected chi connectivity index (χ1v) is 9.05. The number of nitrogens with zero attached hydrogens (tertiary/aromatic N) is 1. The van der Waals surface area contributed by atoms with Crippen molar-refractivity contribution in [1.82, 2.24) is 4.57 Å². The minimum atomic E-state index is 0. The molecule has 1 aromatic heterocycles. The summed E-state index contributed by atoms with van der Waals surface area (Å²) >= 11 is 0. The normalized spacial score (nSPS) is 9.76. The summed E-state index contributed by atoms with van der Waals surface area (Å²) in [5, 5.41) is 3.87. The number of aryl methyl sites for hydroxylation is 2. The Labute approximate surface area is 204 Å². The maximum atomic E-state index is 2.25. The third-order valence-corrected chi connectivity index (χ3v) is 5.25. The zero-order chi connectivity index (χ0) is 18.1. The number of halogens is 2. The van der Waals surface area contributed by atoms with Crippen molar-refractivity contribution in [3.63, 3.8) is 0 Å². The van der Waals surface area contributed by atoms with Crippen LogP contribution in [0, 0.1) is 20.8 Å². The molecule has 0 amide bonds. The second-order valence-corrected chi connectivity index (χ2v) is 6.91. The summed E-state index contributed by atoms with van der Waals surface area (Å²) in [4.78, 5) is 0. The minimum absolute atomic E-state index is 0. The Morgan fingerprint density at radius 3 is 2.07 bits per heavy atom. The largest absolute Gasteiger partial charge is 4.00 e. The average molecular weight is 587 g/mol. The van der Waals surface area contributed by atoms with E-state index >= 15 is 0 Å². The summed E-state index contributed by atoms with van der Waals surface area (Å²) in [6.45, 7) is 6.44. The third-order valence-electron chi connectivity index (χ3n) is 5.25. The molecule has 5 aromatic rings. The van der Waals surface area contributed by atoms with Crippen LogP contribution in [0.15, 0.2) is 85.1 Å². The Morgan fingerprint density at radius 1 is 0.828 bits per heavy atom. The molecule has 0 saturated carbocycles. The zero-order valence-electron chi connectivity index (χ0n) is 16.8. The predicted octanol–water partition coefficient (Wildman–Crippen LogP) is 0.839. The first kappa shape index (κ1) is 25.4. The van der Waals surface area contributed by atoms with E-state index in [2.05, 4.69) is 110 Å². The SMILES string of the molecule is Cc1cc[c-](C)c1C.[Cl-].[Cl-].[Hf+4].c1ccc2[cH-]c(-n3ccc4ccccc43)cc2c1. The van der Waals surface area contributed by atoms with Crippen LogP contribution in [-0.4, -0.2) is 4.57 Å². The Bertz CT molecular complexity index is 1130. The number of hydrogen-bond acceptors (Lipinski definition) is 0. The van der Waals surface area contributed by atoms with Crippen LogP contribution < -0.4 is 24.8 Å². The zero-order valence-corrected chi connectivity index (χ0v) is 21.9. The quantitative estimate of drug-likeness (QED) is 0.203. The van der Waals surface area contributed by atoms with Crippen LogP contribution in [0.4, 0.5) is 0 Å². The van der Waals surface area contributed by atoms with Crippen molar-refractivity contribution in [3.05, 3.63) is 102 Å². The molecule has 0 aliphatic rings. The smallest absolute Gasteiger partial charge is 1.00 e. The molecule has 0 saturated heterocycles. The Morgan fingerprint density at radius 2 is 1.48 bits per heavy atom. The average Bonchev–Trinajstić information content (AvgIpc) is 3.35. The van der Waals surface area contributed by atoms with Gasteiger partial charge in [-0.3, -0.25) is 0 Å². The second-order valence-electron chi connectivity index (χ2n) is 6.91. The van der Waals surface area contributed by atoms with E-state index in [9.17, 15) is 0 Å². The van der Waals surface area contributed by atoms with E-state index in [1.54, 1.807) is 0 Å². The van der Waals surface area contributed by atoms with Gasteiger partial charge in [0.1, 0.15) is 0 Å². The van der Waals surface area contributed by atoms with E-state index in [0.717, 1.165) is 0 Å². The van der Waals surface area contributed by atoms with E-state index in [1.165, 1.54) is 44.1 Å². The van der Waals surface area contributed by atoms with Crippen LogP contribution in [0.1, 0.15) is 16.7 Å². The molecule has 0 radical (unpaired) electrons. The number of para-hydroxylation sites is 1. The molecule has 5 rings (SSSR count). The van der Waals surface area contributed by atoms with Crippen LogP contribution >= 0.6 is 0 Å². The molecule has 4 heteroatoms. The summed E-state index contributed by atoms with van der Waals surface area (Å²) in [5.41, 5.74) is 6.74. The molecule has 0 fully saturated rings. The summed E-state index contributed by atoms with van der Waals surface area (Å²) < 4.78 is 2.25. The van der Waals surface area contributed by atoms with Crippen molar-refractivity contribution in [2.75, 3.05) is 0 Å². The van der Waals surface area contributed by atoms with Gasteiger partial charge < -0.3 is 29.4 Å². The molecule has 29 heavy (non-hydrogen) atoms. The predicted molar refractivity (Wildman–Crippen MR) is 113 cm³/mol. The van der Waals surface area contributed by atoms with Crippen LogP contribution in [-0.2, 0) is 25.8 Å². The molecule has 0 bridgehead atoms. The molecule has 0 atom stereocenters. The van der Waals surface area contributed by atoms with Crippen LogP contribution in [0.2, 0.25) is 0 Å². The van der Waals surface area contributed by atoms with Gasteiger partial charge in [0.05, 0.1) is 5.52 Å². The van der Waals surface area contributed by atoms with Gasteiger partial charge in [-0.25, -0.2) is 6.07 Å². The monoisotopic (exact) mass is 587 g/mol. The molecular formula is C25H23Cl2HfN. The van der Waals surface area contributed by atoms with Crippen molar-refractivity contribution in [2.45, 2.75) is 20.8 Å². The van der Waals surface area contributed by atoms with Crippen molar-refractivity contribution < 1.29 is 50.7 Å². The van der Waals surface area contributed by atoms with Gasteiger partial charge in [-0.2, -0.15) is 22.8 Å². The molecular weight excluding hydrogens is 564 g/mol. The van der Waals surface area contributed by atoms with Crippen molar-refractivity contribution >= 4 is 21.7 Å². The van der Waals surface area contributed by atoms with Crippen LogP contribution in [0.5, 0.6) is 0 Å². The molecule has 0 aliphatic carbocycles. The Kier molecular flexibility index (Phi) is 9.61. The topological polar surface area (TPSA) is 4.93 Å². The Balaban J connectivity index is 0.000000332. The fraction of sp³-hybridized carbons (Fsp3) is 0.120. The first-order valence-electron chi connectivity index (χ1n) is 9.05. The van der Waals surface area contributed by atoms with Crippen LogP contribution in [0.25, 0.3) is 27.4 Å². The number of rotatable bonds is 1. The van der Waals surface area contributed by atoms with E-state index in [0.29, 0.717) is 0 Å². The van der Waals surface area contributed by atoms with Crippen LogP contribution in [0.3, 0.4) is 0 Å². The number of aromatic nitrogens is 1.